The summed E-state index contributed by atoms with van der Waals surface area (Å²) in [6, 6.07) is 13.8. The Bertz CT molecular complexity index is 3080. The number of aliphatic hydroxyl groups excluding tert-OH is 1. The lowest BCUT2D eigenvalue weighted by molar-refractivity contribution is -0.138. The van der Waals surface area contributed by atoms with Gasteiger partial charge in [0.2, 0.25) is 17.7 Å². The molecule has 5 heterocycles. The quantitative estimate of drug-likeness (QED) is 0.0790. The molecule has 76 heavy (non-hydrogen) atoms. The molecule has 0 radical (unpaired) electrons. The molecule has 0 bridgehead atoms. The molecule has 20 heteroatoms. The number of amides is 5. The van der Waals surface area contributed by atoms with E-state index in [9.17, 15) is 24.3 Å². The Morgan fingerprint density at radius 2 is 1.66 bits per heavy atom. The predicted molar refractivity (Wildman–Crippen MR) is 277 cm³/mol. The monoisotopic (exact) mass is 1070 g/mol. The van der Waals surface area contributed by atoms with Gasteiger partial charge in [-0.25, -0.2) is 22.4 Å². The van der Waals surface area contributed by atoms with Crippen molar-refractivity contribution in [2.24, 2.45) is 30.5 Å². The van der Waals surface area contributed by atoms with Gasteiger partial charge in [-0.2, -0.15) is 5.10 Å². The Hall–Kier alpha value is -6.28. The van der Waals surface area contributed by atoms with Crippen molar-refractivity contribution < 1.29 is 51.3 Å². The third kappa shape index (κ3) is 9.76. The minimum absolute atomic E-state index is 0.0301. The van der Waals surface area contributed by atoms with Gasteiger partial charge in [0.05, 0.1) is 22.6 Å². The molecule has 5 amide bonds. The van der Waals surface area contributed by atoms with Gasteiger partial charge in [0.1, 0.15) is 29.5 Å². The first-order chi connectivity index (χ1) is 36.5. The second-order valence-electron chi connectivity index (χ2n) is 21.3. The number of nitrogens with one attached hydrogen (secondary N) is 2. The summed E-state index contributed by atoms with van der Waals surface area (Å²) in [7, 11) is 1.56. The number of ether oxygens (including phenoxy) is 2. The van der Waals surface area contributed by atoms with E-state index in [1.54, 1.807) is 7.05 Å². The van der Waals surface area contributed by atoms with Crippen molar-refractivity contribution in [1.82, 2.24) is 30.2 Å². The van der Waals surface area contributed by atoms with E-state index in [-0.39, 0.29) is 106 Å². The molecular formula is C56H63ClF4N8O7. The SMILES string of the molecule is CC1CN(CC2CCN(C(=O)C3CCC(NCC4(c5ccccc5)Oc5cc(F)c(Cl)c(-c6c(C(N)=O)ccc(OCCO)c6F)c5C4C)CC3)CC2)CCC1c1c(F)cc2c(N3CCC(=O)NC3=O)nn(C)c2c1F. The van der Waals surface area contributed by atoms with E-state index in [1.165, 1.54) is 33.8 Å². The number of anilines is 1. The molecule has 5 N–H and O–H groups in total. The smallest absolute Gasteiger partial charge is 0.329 e. The van der Waals surface area contributed by atoms with Crippen molar-refractivity contribution in [1.29, 1.82) is 0 Å². The first kappa shape index (κ1) is 53.1. The summed E-state index contributed by atoms with van der Waals surface area (Å²) >= 11 is 6.72. The Morgan fingerprint density at radius 3 is 2.34 bits per heavy atom. The van der Waals surface area contributed by atoms with Crippen molar-refractivity contribution in [2.45, 2.75) is 88.7 Å². The number of imide groups is 1. The maximum absolute atomic E-state index is 16.5. The average molecular weight is 1070 g/mol. The van der Waals surface area contributed by atoms with Gasteiger partial charge < -0.3 is 35.4 Å². The fraction of sp³-hybridized carbons (Fsp3) is 0.482. The number of halogens is 5. The molecule has 15 nitrogen and oxygen atoms in total. The number of rotatable bonds is 14. The molecule has 4 aromatic carbocycles. The topological polar surface area (TPSA) is 185 Å². The molecule has 4 fully saturated rings. The number of hydrogen-bond donors (Lipinski definition) is 4. The molecule has 1 saturated carbocycles. The van der Waals surface area contributed by atoms with Crippen LogP contribution < -0.4 is 30.7 Å². The zero-order chi connectivity index (χ0) is 53.7. The van der Waals surface area contributed by atoms with E-state index >= 15 is 17.6 Å². The van der Waals surface area contributed by atoms with Crippen LogP contribution in [0.25, 0.3) is 22.0 Å². The van der Waals surface area contributed by atoms with Crippen molar-refractivity contribution >= 4 is 52.1 Å². The zero-order valence-corrected chi connectivity index (χ0v) is 43.5. The van der Waals surface area contributed by atoms with E-state index < -0.39 is 64.3 Å². The number of fused-ring (bicyclic) bond motifs is 2. The fourth-order valence-electron chi connectivity index (χ4n) is 12.8. The molecule has 0 spiro atoms. The normalized spacial score (nSPS) is 24.4. The number of nitrogens with zero attached hydrogens (tertiary/aromatic N) is 5. The molecule has 404 valence electrons. The van der Waals surface area contributed by atoms with Crippen molar-refractivity contribution in [3.8, 4) is 22.6 Å². The summed E-state index contributed by atoms with van der Waals surface area (Å²) in [5, 5.41) is 19.5. The predicted octanol–water partition coefficient (Wildman–Crippen LogP) is 8.27. The van der Waals surface area contributed by atoms with Crippen LogP contribution in [0.5, 0.6) is 11.5 Å². The second kappa shape index (κ2) is 21.6. The number of benzene rings is 4. The van der Waals surface area contributed by atoms with Crippen molar-refractivity contribution in [3.63, 3.8) is 0 Å². The first-order valence-corrected chi connectivity index (χ1v) is 26.7. The van der Waals surface area contributed by atoms with Crippen LogP contribution in [-0.4, -0.2) is 114 Å². The molecular weight excluding hydrogens is 1010 g/mol. The van der Waals surface area contributed by atoms with E-state index in [0.717, 1.165) is 37.8 Å². The van der Waals surface area contributed by atoms with Crippen molar-refractivity contribution in [2.75, 3.05) is 63.9 Å². The summed E-state index contributed by atoms with van der Waals surface area (Å²) in [5.41, 5.74) is 5.32. The fourth-order valence-corrected chi connectivity index (χ4v) is 13.0. The largest absolute Gasteiger partial charge is 0.488 e. The molecule has 4 atom stereocenters. The van der Waals surface area contributed by atoms with Gasteiger partial charge in [0, 0.05) is 98.9 Å². The number of piperidine rings is 2. The third-order valence-corrected chi connectivity index (χ3v) is 17.1. The van der Waals surface area contributed by atoms with E-state index in [0.29, 0.717) is 56.9 Å². The van der Waals surface area contributed by atoms with Crippen LogP contribution in [0, 0.1) is 41.0 Å². The summed E-state index contributed by atoms with van der Waals surface area (Å²) in [5.74, 6) is -5.17. The maximum Gasteiger partial charge on any atom is 0.329 e. The van der Waals surface area contributed by atoms with Gasteiger partial charge >= 0.3 is 6.03 Å². The highest BCUT2D eigenvalue weighted by Gasteiger charge is 2.50. The zero-order valence-electron chi connectivity index (χ0n) is 42.8. The molecule has 1 aliphatic carbocycles. The number of aryl methyl sites for hydroxylation is 1. The minimum Gasteiger partial charge on any atom is -0.488 e. The summed E-state index contributed by atoms with van der Waals surface area (Å²) in [4.78, 5) is 56.8. The number of primary amides is 1. The number of urea groups is 1. The van der Waals surface area contributed by atoms with Crippen molar-refractivity contribution in [3.05, 3.63) is 105 Å². The first-order valence-electron chi connectivity index (χ1n) is 26.3. The highest BCUT2D eigenvalue weighted by molar-refractivity contribution is 6.34. The molecule has 4 unspecified atom stereocenters. The van der Waals surface area contributed by atoms with Crippen LogP contribution in [0.15, 0.2) is 54.6 Å². The lowest BCUT2D eigenvalue weighted by atomic mass is 9.77. The number of nitrogens with two attached hydrogens (primary N) is 1. The van der Waals surface area contributed by atoms with Gasteiger partial charge in [-0.3, -0.25) is 29.3 Å². The standard InChI is InChI=1S/C56H63ClF4N8O7/c1-30-27-67(19-17-36(30)45-39(58)25-38-51(50(45)61)66(3)65-53(38)69-22-18-43(71)64-55(69)74)28-32-15-20-68(21-16-32)54(73)33-9-11-35(12-10-33)63-29-56(34-7-5-4-6-8-34)31(2)44-42(76-56)26-40(59)48(57)47(44)46-37(52(62)72)13-14-41(49(46)60)75-24-23-70/h4-8,13-14,25-26,30-33,35-36,63,70H,9-12,15-24,27-29H2,1-3H3,(H2,62,72)(H,64,71,74). The second-order valence-corrected chi connectivity index (χ2v) is 21.7. The van der Waals surface area contributed by atoms with Crippen LogP contribution in [0.1, 0.15) is 104 Å². The van der Waals surface area contributed by atoms with E-state index in [4.69, 9.17) is 26.8 Å². The summed E-state index contributed by atoms with van der Waals surface area (Å²) in [6.07, 6.45) is 5.21. The van der Waals surface area contributed by atoms with Gasteiger partial charge in [-0.1, -0.05) is 55.8 Å². The number of hydrogen-bond acceptors (Lipinski definition) is 10. The summed E-state index contributed by atoms with van der Waals surface area (Å²) < 4.78 is 78.4. The molecule has 4 aliphatic heterocycles. The van der Waals surface area contributed by atoms with Crippen LogP contribution in [0.4, 0.5) is 28.2 Å². The van der Waals surface area contributed by atoms with Gasteiger partial charge in [0.15, 0.2) is 28.8 Å². The molecule has 5 aliphatic rings. The van der Waals surface area contributed by atoms with E-state index in [2.05, 4.69) is 20.6 Å². The Labute approximate surface area is 443 Å². The molecule has 1 aromatic heterocycles. The third-order valence-electron chi connectivity index (χ3n) is 16.8. The number of aliphatic hydroxyl groups is 1. The number of carbonyl (C=O) groups excluding carboxylic acids is 4. The van der Waals surface area contributed by atoms with Gasteiger partial charge in [0.25, 0.3) is 0 Å². The van der Waals surface area contributed by atoms with Crippen LogP contribution in [0.3, 0.4) is 0 Å². The molecule has 10 rings (SSSR count). The minimum atomic E-state index is -1.13. The molecule has 3 saturated heterocycles. The van der Waals surface area contributed by atoms with E-state index in [1.807, 2.05) is 49.1 Å². The van der Waals surface area contributed by atoms with Crippen LogP contribution in [0.2, 0.25) is 5.02 Å². The Kier molecular flexibility index (Phi) is 15.1. The number of likely N-dealkylation sites (tertiary alicyclic amines) is 2. The lowest BCUT2D eigenvalue weighted by Crippen LogP contribution is -2.49. The van der Waals surface area contributed by atoms with Crippen LogP contribution in [-0.2, 0) is 22.2 Å². The summed E-state index contributed by atoms with van der Waals surface area (Å²) in [6.45, 7) is 7.14. The lowest BCUT2D eigenvalue weighted by Gasteiger charge is -2.41. The maximum atomic E-state index is 16.5. The highest BCUT2D eigenvalue weighted by atomic mass is 35.5. The van der Waals surface area contributed by atoms with Crippen LogP contribution >= 0.6 is 11.6 Å². The van der Waals surface area contributed by atoms with Gasteiger partial charge in [-0.05, 0) is 93.0 Å². The van der Waals surface area contributed by atoms with Gasteiger partial charge in [-0.15, -0.1) is 0 Å². The Morgan fingerprint density at radius 1 is 0.921 bits per heavy atom. The highest BCUT2D eigenvalue weighted by Crippen LogP contribution is 2.57. The number of aromatic nitrogens is 2. The number of carbonyl (C=O) groups is 4. The molecule has 5 aromatic rings. The average Bonchev–Trinajstić information content (AvgIpc) is 3.88. The Balaban J connectivity index is 0.746.